The first-order chi connectivity index (χ1) is 17.2. The van der Waals surface area contributed by atoms with E-state index in [2.05, 4.69) is 20.2 Å². The molecular formula is C22H16F5N7O2. The van der Waals surface area contributed by atoms with E-state index < -0.39 is 29.8 Å². The summed E-state index contributed by atoms with van der Waals surface area (Å²) < 4.78 is 72.4. The Bertz CT molecular complexity index is 1400. The van der Waals surface area contributed by atoms with Crippen LogP contribution in [0.3, 0.4) is 0 Å². The molecule has 1 aliphatic rings. The van der Waals surface area contributed by atoms with Crippen molar-refractivity contribution in [1.82, 2.24) is 30.2 Å². The van der Waals surface area contributed by atoms with E-state index in [0.29, 0.717) is 17.0 Å². The van der Waals surface area contributed by atoms with Crippen LogP contribution in [0, 0.1) is 11.6 Å². The molecule has 0 aliphatic carbocycles. The van der Waals surface area contributed by atoms with Crippen molar-refractivity contribution in [3.05, 3.63) is 66.1 Å². The molecule has 186 valence electrons. The van der Waals surface area contributed by atoms with Crippen LogP contribution in [0.1, 0.15) is 5.56 Å². The molecule has 0 bridgehead atoms. The molecule has 0 atom stereocenters. The highest BCUT2D eigenvalue weighted by Gasteiger charge is 2.42. The molecule has 1 fully saturated rings. The Morgan fingerprint density at radius 3 is 2.58 bits per heavy atom. The van der Waals surface area contributed by atoms with Crippen LogP contribution in [0.15, 0.2) is 53.4 Å². The summed E-state index contributed by atoms with van der Waals surface area (Å²) in [4.78, 5) is 20.7. The van der Waals surface area contributed by atoms with Gasteiger partial charge < -0.3 is 14.7 Å². The molecule has 1 saturated heterocycles. The highest BCUT2D eigenvalue weighted by molar-refractivity contribution is 5.82. The van der Waals surface area contributed by atoms with Gasteiger partial charge in [0.2, 0.25) is 0 Å². The summed E-state index contributed by atoms with van der Waals surface area (Å²) in [7, 11) is 0. The number of hydrogen-bond donors (Lipinski definition) is 1. The smallest absolute Gasteiger partial charge is 0.364 e. The molecule has 3 aromatic heterocycles. The van der Waals surface area contributed by atoms with Crippen LogP contribution in [-0.2, 0) is 11.3 Å². The predicted octanol–water partition coefficient (Wildman–Crippen LogP) is 3.19. The Morgan fingerprint density at radius 2 is 1.89 bits per heavy atom. The third kappa shape index (κ3) is 4.61. The second kappa shape index (κ2) is 9.02. The zero-order chi connectivity index (χ0) is 25.4. The maximum absolute atomic E-state index is 14.5. The summed E-state index contributed by atoms with van der Waals surface area (Å²) in [5, 5.41) is 10.2. The fourth-order valence-corrected chi connectivity index (χ4v) is 3.70. The van der Waals surface area contributed by atoms with E-state index >= 15 is 0 Å². The lowest BCUT2D eigenvalue weighted by molar-refractivity contribution is -0.174. The van der Waals surface area contributed by atoms with Crippen molar-refractivity contribution in [2.45, 2.75) is 18.8 Å². The normalized spacial score (nSPS) is 14.1. The average Bonchev–Trinajstić information content (AvgIpc) is 3.47. The predicted molar refractivity (Wildman–Crippen MR) is 114 cm³/mol. The fourth-order valence-electron chi connectivity index (χ4n) is 3.70. The van der Waals surface area contributed by atoms with E-state index in [1.165, 1.54) is 21.9 Å². The topological polar surface area (TPSA) is 102 Å². The Labute approximate surface area is 199 Å². The van der Waals surface area contributed by atoms with Crippen LogP contribution in [0.4, 0.5) is 27.8 Å². The van der Waals surface area contributed by atoms with E-state index in [1.54, 1.807) is 30.3 Å². The van der Waals surface area contributed by atoms with Crippen LogP contribution >= 0.6 is 0 Å². The molecule has 9 nitrogen and oxygen atoms in total. The van der Waals surface area contributed by atoms with Gasteiger partial charge in [-0.3, -0.25) is 9.48 Å². The Hall–Kier alpha value is -4.36. The molecule has 5 rings (SSSR count). The third-order valence-corrected chi connectivity index (χ3v) is 5.49. The lowest BCUT2D eigenvalue weighted by atomic mass is 10.1. The van der Waals surface area contributed by atoms with Crippen molar-refractivity contribution < 1.29 is 31.3 Å². The molecule has 0 unspecified atom stereocenters. The number of carbonyl (C=O) groups excluding carboxylic acids is 1. The number of carbonyl (C=O) groups is 1. The summed E-state index contributed by atoms with van der Waals surface area (Å²) in [5.74, 6) is -3.39. The van der Waals surface area contributed by atoms with Crippen LogP contribution in [0.5, 0.6) is 0 Å². The monoisotopic (exact) mass is 505 g/mol. The minimum atomic E-state index is -5.00. The molecule has 36 heavy (non-hydrogen) atoms. The summed E-state index contributed by atoms with van der Waals surface area (Å²) >= 11 is 0. The van der Waals surface area contributed by atoms with E-state index in [9.17, 15) is 26.7 Å². The summed E-state index contributed by atoms with van der Waals surface area (Å²) in [5.41, 5.74) is 1.48. The lowest BCUT2D eigenvalue weighted by Gasteiger charge is -2.40. The van der Waals surface area contributed by atoms with Crippen molar-refractivity contribution in [1.29, 1.82) is 0 Å². The molecule has 4 aromatic rings. The van der Waals surface area contributed by atoms with Gasteiger partial charge in [-0.15, -0.1) is 0 Å². The maximum atomic E-state index is 14.5. The SMILES string of the molecule is O=C(NC1CN(c2nc(-c3cc(-c4ccon4)n(Cc4ccccc4F)n3)ncc2F)C1)C(F)(F)F. The van der Waals surface area contributed by atoms with E-state index in [-0.39, 0.29) is 37.0 Å². The van der Waals surface area contributed by atoms with E-state index in [4.69, 9.17) is 4.52 Å². The second-order valence-electron chi connectivity index (χ2n) is 7.99. The number of anilines is 1. The molecular weight excluding hydrogens is 489 g/mol. The molecule has 1 amide bonds. The zero-order valence-electron chi connectivity index (χ0n) is 18.2. The number of nitrogens with one attached hydrogen (secondary N) is 1. The number of hydrogen-bond acceptors (Lipinski definition) is 7. The van der Waals surface area contributed by atoms with Gasteiger partial charge in [-0.25, -0.2) is 18.7 Å². The number of halogens is 5. The van der Waals surface area contributed by atoms with Crippen molar-refractivity contribution >= 4 is 11.7 Å². The molecule has 1 N–H and O–H groups in total. The van der Waals surface area contributed by atoms with Crippen molar-refractivity contribution in [3.8, 4) is 22.9 Å². The number of amides is 1. The molecule has 0 radical (unpaired) electrons. The number of benzene rings is 1. The second-order valence-corrected chi connectivity index (χ2v) is 7.99. The first-order valence-electron chi connectivity index (χ1n) is 10.6. The highest BCUT2D eigenvalue weighted by atomic mass is 19.4. The van der Waals surface area contributed by atoms with E-state index in [1.807, 2.05) is 5.32 Å². The number of rotatable bonds is 6. The standard InChI is InChI=1S/C22H16F5N7O2/c23-14-4-2-1-3-12(14)9-34-18(16-5-6-36-32-16)7-17(31-34)19-28-8-15(24)20(30-19)33-10-13(11-33)29-21(35)22(25,26)27/h1-8,13H,9-11H2,(H,29,35). The molecule has 1 aliphatic heterocycles. The molecule has 14 heteroatoms. The van der Waals surface area contributed by atoms with Gasteiger partial charge in [0.15, 0.2) is 17.5 Å². The van der Waals surface area contributed by atoms with Crippen LogP contribution in [-0.4, -0.2) is 56.1 Å². The summed E-state index contributed by atoms with van der Waals surface area (Å²) in [6, 6.07) is 8.54. The number of alkyl halides is 3. The number of aromatic nitrogens is 5. The van der Waals surface area contributed by atoms with Crippen molar-refractivity contribution in [3.63, 3.8) is 0 Å². The van der Waals surface area contributed by atoms with Crippen molar-refractivity contribution in [2.24, 2.45) is 0 Å². The van der Waals surface area contributed by atoms with Gasteiger partial charge in [-0.2, -0.15) is 18.3 Å². The van der Waals surface area contributed by atoms with Crippen LogP contribution < -0.4 is 10.2 Å². The van der Waals surface area contributed by atoms with Gasteiger partial charge >= 0.3 is 12.1 Å². The molecule has 0 spiro atoms. The first kappa shape index (κ1) is 23.4. The summed E-state index contributed by atoms with van der Waals surface area (Å²) in [6.45, 7) is -0.0855. The minimum Gasteiger partial charge on any atom is -0.364 e. The lowest BCUT2D eigenvalue weighted by Crippen LogP contribution is -2.61. The number of nitrogens with zero attached hydrogens (tertiary/aromatic N) is 6. The van der Waals surface area contributed by atoms with E-state index in [0.717, 1.165) is 6.20 Å². The molecule has 4 heterocycles. The van der Waals surface area contributed by atoms with Crippen LogP contribution in [0.2, 0.25) is 0 Å². The highest BCUT2D eigenvalue weighted by Crippen LogP contribution is 2.28. The fraction of sp³-hybridized carbons (Fsp3) is 0.227. The third-order valence-electron chi connectivity index (χ3n) is 5.49. The first-order valence-corrected chi connectivity index (χ1v) is 10.6. The van der Waals surface area contributed by atoms with Gasteiger partial charge in [-0.1, -0.05) is 23.4 Å². The Morgan fingerprint density at radius 1 is 1.11 bits per heavy atom. The van der Waals surface area contributed by atoms with Gasteiger partial charge in [0.1, 0.15) is 23.5 Å². The molecule has 0 saturated carbocycles. The largest absolute Gasteiger partial charge is 0.471 e. The van der Waals surface area contributed by atoms with Gasteiger partial charge in [-0.05, 0) is 12.1 Å². The Kier molecular flexibility index (Phi) is 5.86. The summed E-state index contributed by atoms with van der Waals surface area (Å²) in [6.07, 6.45) is -2.72. The quantitative estimate of drug-likeness (QED) is 0.402. The van der Waals surface area contributed by atoms with Gasteiger partial charge in [0, 0.05) is 24.7 Å². The van der Waals surface area contributed by atoms with Gasteiger partial charge in [0.05, 0.1) is 24.5 Å². The maximum Gasteiger partial charge on any atom is 0.471 e. The van der Waals surface area contributed by atoms with Gasteiger partial charge in [0.25, 0.3) is 0 Å². The van der Waals surface area contributed by atoms with Crippen molar-refractivity contribution in [2.75, 3.05) is 18.0 Å². The van der Waals surface area contributed by atoms with Crippen LogP contribution in [0.25, 0.3) is 22.9 Å². The zero-order valence-corrected chi connectivity index (χ0v) is 18.2. The Balaban J connectivity index is 1.41. The molecule has 1 aromatic carbocycles. The minimum absolute atomic E-state index is 0.0335. The average molecular weight is 505 g/mol.